The van der Waals surface area contributed by atoms with E-state index in [-0.39, 0.29) is 12.4 Å². The maximum atomic E-state index is 4.38. The standard InChI is InChI=1S/C6H11NS2.ClH/c1-4-7-5(2)9-6(3)8-4;/h4,6H,1-3H3;1H. The van der Waals surface area contributed by atoms with E-state index in [1.54, 1.807) is 0 Å². The van der Waals surface area contributed by atoms with Gasteiger partial charge in [-0.2, -0.15) is 0 Å². The van der Waals surface area contributed by atoms with E-state index in [0.29, 0.717) is 9.96 Å². The van der Waals surface area contributed by atoms with E-state index in [0.717, 1.165) is 0 Å². The summed E-state index contributed by atoms with van der Waals surface area (Å²) in [7, 11) is 0. The summed E-state index contributed by atoms with van der Waals surface area (Å²) in [6.45, 7) is 6.45. The molecule has 0 aliphatic carbocycles. The van der Waals surface area contributed by atoms with Gasteiger partial charge in [-0.3, -0.25) is 4.99 Å². The molecule has 0 N–H and O–H groups in total. The largest absolute Gasteiger partial charge is 0.269 e. The van der Waals surface area contributed by atoms with E-state index in [1.165, 1.54) is 5.04 Å². The fraction of sp³-hybridized carbons (Fsp3) is 0.833. The van der Waals surface area contributed by atoms with Crippen LogP contribution < -0.4 is 0 Å². The number of aliphatic imine (C=N–C) groups is 1. The first kappa shape index (κ1) is 10.7. The van der Waals surface area contributed by atoms with Crippen LogP contribution in [0.15, 0.2) is 4.99 Å². The van der Waals surface area contributed by atoms with Crippen LogP contribution in [0.1, 0.15) is 20.8 Å². The Labute approximate surface area is 76.9 Å². The fourth-order valence-electron chi connectivity index (χ4n) is 0.862. The average Bonchev–Trinajstić information content (AvgIpc) is 1.59. The summed E-state index contributed by atoms with van der Waals surface area (Å²) in [5, 5.41) is 1.70. The Hall–Kier alpha value is 0.660. The second kappa shape index (κ2) is 4.52. The highest BCUT2D eigenvalue weighted by atomic mass is 35.5. The first-order chi connectivity index (χ1) is 4.18. The Morgan fingerprint density at radius 1 is 1.40 bits per heavy atom. The summed E-state index contributed by atoms with van der Waals surface area (Å²) in [6, 6.07) is 0. The van der Waals surface area contributed by atoms with Gasteiger partial charge < -0.3 is 0 Å². The van der Waals surface area contributed by atoms with Gasteiger partial charge in [-0.05, 0) is 20.8 Å². The monoisotopic (exact) mass is 197 g/mol. The Morgan fingerprint density at radius 2 is 2.00 bits per heavy atom. The van der Waals surface area contributed by atoms with Crippen molar-refractivity contribution in [2.24, 2.45) is 4.99 Å². The Balaban J connectivity index is 0.000000810. The minimum Gasteiger partial charge on any atom is -0.269 e. The van der Waals surface area contributed by atoms with Crippen molar-refractivity contribution in [1.29, 1.82) is 0 Å². The molecule has 1 rings (SSSR count). The van der Waals surface area contributed by atoms with Crippen LogP contribution in [0.5, 0.6) is 0 Å². The SMILES string of the molecule is CC1=NC(C)SC(C)S1.Cl. The molecule has 1 heterocycles. The van der Waals surface area contributed by atoms with Crippen molar-refractivity contribution < 1.29 is 0 Å². The molecule has 10 heavy (non-hydrogen) atoms. The maximum Gasteiger partial charge on any atom is 0.0943 e. The van der Waals surface area contributed by atoms with Crippen LogP contribution in [0.25, 0.3) is 0 Å². The van der Waals surface area contributed by atoms with Crippen LogP contribution >= 0.6 is 35.9 Å². The molecule has 0 spiro atoms. The molecule has 0 aromatic carbocycles. The molecule has 4 heteroatoms. The van der Waals surface area contributed by atoms with Crippen molar-refractivity contribution >= 4 is 41.0 Å². The van der Waals surface area contributed by atoms with Gasteiger partial charge in [0.25, 0.3) is 0 Å². The van der Waals surface area contributed by atoms with Gasteiger partial charge in [-0.1, -0.05) is 11.8 Å². The molecule has 0 saturated carbocycles. The molecule has 1 aliphatic rings. The molecule has 0 amide bonds. The number of nitrogens with zero attached hydrogens (tertiary/aromatic N) is 1. The van der Waals surface area contributed by atoms with Gasteiger partial charge in [0.2, 0.25) is 0 Å². The molecule has 0 saturated heterocycles. The number of rotatable bonds is 0. The van der Waals surface area contributed by atoms with Gasteiger partial charge in [0.05, 0.1) is 15.0 Å². The summed E-state index contributed by atoms with van der Waals surface area (Å²) in [4.78, 5) is 4.38. The third-order valence-corrected chi connectivity index (χ3v) is 3.37. The van der Waals surface area contributed by atoms with Gasteiger partial charge in [0, 0.05) is 0 Å². The molecule has 60 valence electrons. The highest BCUT2D eigenvalue weighted by Gasteiger charge is 2.14. The van der Waals surface area contributed by atoms with Gasteiger partial charge in [0.15, 0.2) is 0 Å². The molecule has 2 unspecified atom stereocenters. The molecule has 0 aromatic rings. The van der Waals surface area contributed by atoms with Crippen molar-refractivity contribution in [2.75, 3.05) is 0 Å². The zero-order chi connectivity index (χ0) is 6.85. The van der Waals surface area contributed by atoms with E-state index >= 15 is 0 Å². The molecule has 1 nitrogen and oxygen atoms in total. The molecular weight excluding hydrogens is 186 g/mol. The van der Waals surface area contributed by atoms with Gasteiger partial charge >= 0.3 is 0 Å². The zero-order valence-electron chi connectivity index (χ0n) is 6.33. The smallest absolute Gasteiger partial charge is 0.0943 e. The van der Waals surface area contributed by atoms with E-state index in [2.05, 4.69) is 25.8 Å². The van der Waals surface area contributed by atoms with Crippen LogP contribution in [0, 0.1) is 0 Å². The van der Waals surface area contributed by atoms with Crippen LogP contribution in [-0.4, -0.2) is 15.0 Å². The van der Waals surface area contributed by atoms with Crippen molar-refractivity contribution in [1.82, 2.24) is 0 Å². The zero-order valence-corrected chi connectivity index (χ0v) is 8.78. The lowest BCUT2D eigenvalue weighted by Crippen LogP contribution is -2.08. The molecule has 1 aliphatic heterocycles. The summed E-state index contributed by atoms with van der Waals surface area (Å²) in [6.07, 6.45) is 0. The first-order valence-electron chi connectivity index (χ1n) is 3.05. The van der Waals surface area contributed by atoms with E-state index in [1.807, 2.05) is 23.5 Å². The minimum absolute atomic E-state index is 0. The Kier molecular flexibility index (Phi) is 4.82. The predicted octanol–water partition coefficient (Wildman–Crippen LogP) is 3.00. The normalized spacial score (nSPS) is 32.5. The highest BCUT2D eigenvalue weighted by molar-refractivity contribution is 8.25. The van der Waals surface area contributed by atoms with Crippen molar-refractivity contribution in [3.63, 3.8) is 0 Å². The lowest BCUT2D eigenvalue weighted by Gasteiger charge is -2.19. The molecule has 0 fully saturated rings. The second-order valence-electron chi connectivity index (χ2n) is 2.07. The average molecular weight is 198 g/mol. The van der Waals surface area contributed by atoms with Crippen LogP contribution in [0.3, 0.4) is 0 Å². The Morgan fingerprint density at radius 3 is 2.40 bits per heavy atom. The van der Waals surface area contributed by atoms with Crippen LogP contribution in [0.2, 0.25) is 0 Å². The van der Waals surface area contributed by atoms with Crippen molar-refractivity contribution in [3.8, 4) is 0 Å². The van der Waals surface area contributed by atoms with Gasteiger partial charge in [-0.25, -0.2) is 0 Å². The number of thioether (sulfide) groups is 2. The number of hydrogen-bond donors (Lipinski definition) is 0. The predicted molar refractivity (Wildman–Crippen MR) is 54.5 cm³/mol. The van der Waals surface area contributed by atoms with Gasteiger partial charge in [-0.15, -0.1) is 24.2 Å². The number of hydrogen-bond acceptors (Lipinski definition) is 3. The van der Waals surface area contributed by atoms with E-state index < -0.39 is 0 Å². The highest BCUT2D eigenvalue weighted by Crippen LogP contribution is 2.33. The van der Waals surface area contributed by atoms with Gasteiger partial charge in [0.1, 0.15) is 0 Å². The lowest BCUT2D eigenvalue weighted by atomic mass is 10.7. The maximum absolute atomic E-state index is 4.38. The molecule has 0 bridgehead atoms. The molecule has 0 radical (unpaired) electrons. The second-order valence-corrected chi connectivity index (χ2v) is 5.56. The summed E-state index contributed by atoms with van der Waals surface area (Å²) in [5.41, 5.74) is 0. The molecule has 2 atom stereocenters. The fourth-order valence-corrected chi connectivity index (χ4v) is 3.52. The third kappa shape index (κ3) is 3.17. The van der Waals surface area contributed by atoms with Crippen LogP contribution in [0.4, 0.5) is 0 Å². The molecule has 0 aromatic heterocycles. The quantitative estimate of drug-likeness (QED) is 0.592. The first-order valence-corrected chi connectivity index (χ1v) is 4.87. The Bertz CT molecular complexity index is 138. The van der Waals surface area contributed by atoms with Crippen LogP contribution in [-0.2, 0) is 0 Å². The summed E-state index contributed by atoms with van der Waals surface area (Å²) in [5.74, 6) is 0. The minimum atomic E-state index is 0. The summed E-state index contributed by atoms with van der Waals surface area (Å²) >= 11 is 3.78. The van der Waals surface area contributed by atoms with E-state index in [4.69, 9.17) is 0 Å². The van der Waals surface area contributed by atoms with Crippen molar-refractivity contribution in [3.05, 3.63) is 0 Å². The lowest BCUT2D eigenvalue weighted by molar-refractivity contribution is 1.04. The summed E-state index contributed by atoms with van der Waals surface area (Å²) < 4.78 is 0.692. The van der Waals surface area contributed by atoms with E-state index in [9.17, 15) is 0 Å². The molecular formula is C6H12ClNS2. The third-order valence-electron chi connectivity index (χ3n) is 1.09. The van der Waals surface area contributed by atoms with Crippen molar-refractivity contribution in [2.45, 2.75) is 30.7 Å². The number of halogens is 1. The topological polar surface area (TPSA) is 12.4 Å².